The molecule has 3 rings (SSSR count). The van der Waals surface area contributed by atoms with Gasteiger partial charge in [0.2, 0.25) is 0 Å². The van der Waals surface area contributed by atoms with Crippen LogP contribution in [0.1, 0.15) is 5.56 Å². The SMILES string of the molecule is S=C(NCc1ccccc1)NC1Oc2ccccc2O1. The number of ether oxygens (including phenoxy) is 2. The molecular weight excluding hydrogens is 272 g/mol. The van der Waals surface area contributed by atoms with E-state index in [0.717, 1.165) is 17.1 Å². The molecule has 0 saturated heterocycles. The molecule has 5 heteroatoms. The second kappa shape index (κ2) is 5.79. The van der Waals surface area contributed by atoms with E-state index in [1.807, 2.05) is 54.6 Å². The highest BCUT2D eigenvalue weighted by atomic mass is 32.1. The molecule has 2 aromatic carbocycles. The van der Waals surface area contributed by atoms with Crippen LogP contribution in [0.25, 0.3) is 0 Å². The van der Waals surface area contributed by atoms with Crippen molar-refractivity contribution in [3.8, 4) is 11.5 Å². The molecule has 102 valence electrons. The Balaban J connectivity index is 1.49. The number of rotatable bonds is 3. The van der Waals surface area contributed by atoms with Crippen LogP contribution < -0.4 is 20.1 Å². The molecule has 0 radical (unpaired) electrons. The summed E-state index contributed by atoms with van der Waals surface area (Å²) >= 11 is 5.22. The Bertz CT molecular complexity index is 579. The summed E-state index contributed by atoms with van der Waals surface area (Å²) in [6.45, 7) is 0.659. The predicted molar refractivity (Wildman–Crippen MR) is 80.5 cm³/mol. The van der Waals surface area contributed by atoms with Gasteiger partial charge in [-0.3, -0.25) is 5.32 Å². The standard InChI is InChI=1S/C15H14N2O2S/c20-14(16-10-11-6-2-1-3-7-11)17-15-18-12-8-4-5-9-13(12)19-15/h1-9,15H,10H2,(H2,16,17,20). The van der Waals surface area contributed by atoms with Crippen LogP contribution in [0.15, 0.2) is 54.6 Å². The average Bonchev–Trinajstić information content (AvgIpc) is 2.88. The molecule has 0 atom stereocenters. The molecule has 20 heavy (non-hydrogen) atoms. The van der Waals surface area contributed by atoms with Crippen molar-refractivity contribution >= 4 is 17.3 Å². The lowest BCUT2D eigenvalue weighted by molar-refractivity contribution is 0.0360. The van der Waals surface area contributed by atoms with Crippen molar-refractivity contribution in [2.45, 2.75) is 13.0 Å². The molecule has 4 nitrogen and oxygen atoms in total. The van der Waals surface area contributed by atoms with Gasteiger partial charge in [-0.25, -0.2) is 0 Å². The van der Waals surface area contributed by atoms with Crippen LogP contribution in [0.4, 0.5) is 0 Å². The van der Waals surface area contributed by atoms with Gasteiger partial charge < -0.3 is 14.8 Å². The first-order valence-corrected chi connectivity index (χ1v) is 6.73. The van der Waals surface area contributed by atoms with E-state index in [9.17, 15) is 0 Å². The Morgan fingerprint density at radius 1 is 0.950 bits per heavy atom. The molecule has 0 aromatic heterocycles. The van der Waals surface area contributed by atoms with Gasteiger partial charge in [-0.2, -0.15) is 0 Å². The first-order chi connectivity index (χ1) is 9.81. The summed E-state index contributed by atoms with van der Waals surface area (Å²) in [6, 6.07) is 17.6. The molecular formula is C15H14N2O2S. The number of hydrogen-bond donors (Lipinski definition) is 2. The van der Waals surface area contributed by atoms with Crippen molar-refractivity contribution < 1.29 is 9.47 Å². The summed E-state index contributed by atoms with van der Waals surface area (Å²) in [7, 11) is 0. The van der Waals surface area contributed by atoms with Crippen LogP contribution in [0.5, 0.6) is 11.5 Å². The second-order valence-corrected chi connectivity index (χ2v) is 4.74. The molecule has 0 saturated carbocycles. The summed E-state index contributed by atoms with van der Waals surface area (Å²) in [6.07, 6.45) is -0.580. The van der Waals surface area contributed by atoms with Gasteiger partial charge >= 0.3 is 6.41 Å². The van der Waals surface area contributed by atoms with Gasteiger partial charge in [-0.1, -0.05) is 42.5 Å². The van der Waals surface area contributed by atoms with Gasteiger partial charge in [0.25, 0.3) is 0 Å². The number of nitrogens with one attached hydrogen (secondary N) is 2. The van der Waals surface area contributed by atoms with E-state index < -0.39 is 6.41 Å². The van der Waals surface area contributed by atoms with Crippen molar-refractivity contribution in [3.63, 3.8) is 0 Å². The van der Waals surface area contributed by atoms with Gasteiger partial charge in [-0.15, -0.1) is 0 Å². The van der Waals surface area contributed by atoms with Crippen LogP contribution in [-0.4, -0.2) is 11.5 Å². The third-order valence-corrected chi connectivity index (χ3v) is 3.12. The van der Waals surface area contributed by atoms with E-state index >= 15 is 0 Å². The molecule has 1 heterocycles. The van der Waals surface area contributed by atoms with Gasteiger partial charge in [0.1, 0.15) is 0 Å². The van der Waals surface area contributed by atoms with Gasteiger partial charge in [0, 0.05) is 6.54 Å². The Morgan fingerprint density at radius 3 is 2.20 bits per heavy atom. The first kappa shape index (κ1) is 12.7. The fourth-order valence-electron chi connectivity index (χ4n) is 1.89. The number of hydrogen-bond acceptors (Lipinski definition) is 3. The van der Waals surface area contributed by atoms with Crippen LogP contribution in [-0.2, 0) is 6.54 Å². The minimum atomic E-state index is -0.580. The van der Waals surface area contributed by atoms with E-state index in [2.05, 4.69) is 10.6 Å². The van der Waals surface area contributed by atoms with E-state index in [1.165, 1.54) is 0 Å². The number of benzene rings is 2. The Morgan fingerprint density at radius 2 is 1.55 bits per heavy atom. The molecule has 0 fully saturated rings. The molecule has 0 bridgehead atoms. The van der Waals surface area contributed by atoms with Gasteiger partial charge in [0.05, 0.1) is 0 Å². The minimum Gasteiger partial charge on any atom is -0.433 e. The predicted octanol–water partition coefficient (Wildman–Crippen LogP) is 2.41. The van der Waals surface area contributed by atoms with E-state index in [0.29, 0.717) is 11.7 Å². The highest BCUT2D eigenvalue weighted by Crippen LogP contribution is 2.32. The molecule has 2 N–H and O–H groups in total. The zero-order chi connectivity index (χ0) is 13.8. The van der Waals surface area contributed by atoms with E-state index in [4.69, 9.17) is 21.7 Å². The maximum absolute atomic E-state index is 5.57. The molecule has 0 spiro atoms. The minimum absolute atomic E-state index is 0.492. The summed E-state index contributed by atoms with van der Waals surface area (Å²) in [5.41, 5.74) is 1.16. The Labute approximate surface area is 122 Å². The second-order valence-electron chi connectivity index (χ2n) is 4.33. The highest BCUT2D eigenvalue weighted by Gasteiger charge is 2.23. The van der Waals surface area contributed by atoms with E-state index in [-0.39, 0.29) is 0 Å². The smallest absolute Gasteiger partial charge is 0.326 e. The molecule has 1 aliphatic rings. The zero-order valence-corrected chi connectivity index (χ0v) is 11.5. The van der Waals surface area contributed by atoms with Crippen molar-refractivity contribution in [3.05, 3.63) is 60.2 Å². The quantitative estimate of drug-likeness (QED) is 0.848. The summed E-state index contributed by atoms with van der Waals surface area (Å²) in [5, 5.41) is 6.58. The molecule has 1 aliphatic heterocycles. The normalized spacial score (nSPS) is 13.0. The van der Waals surface area contributed by atoms with Crippen molar-refractivity contribution in [2.75, 3.05) is 0 Å². The van der Waals surface area contributed by atoms with Crippen molar-refractivity contribution in [1.82, 2.24) is 10.6 Å². The summed E-state index contributed by atoms with van der Waals surface area (Å²) in [5.74, 6) is 1.44. The topological polar surface area (TPSA) is 42.5 Å². The Kier molecular flexibility index (Phi) is 3.69. The molecule has 0 amide bonds. The molecule has 2 aromatic rings. The summed E-state index contributed by atoms with van der Waals surface area (Å²) in [4.78, 5) is 0. The summed E-state index contributed by atoms with van der Waals surface area (Å²) < 4.78 is 11.1. The Hall–Kier alpha value is -2.27. The molecule has 0 aliphatic carbocycles. The highest BCUT2D eigenvalue weighted by molar-refractivity contribution is 7.80. The number of thiocarbonyl (C=S) groups is 1. The maximum atomic E-state index is 5.57. The fourth-order valence-corrected chi connectivity index (χ4v) is 2.06. The van der Waals surface area contributed by atoms with Crippen LogP contribution in [0.3, 0.4) is 0 Å². The van der Waals surface area contributed by atoms with Crippen LogP contribution in [0.2, 0.25) is 0 Å². The lowest BCUT2D eigenvalue weighted by atomic mass is 10.2. The monoisotopic (exact) mass is 286 g/mol. The third kappa shape index (κ3) is 3.00. The zero-order valence-electron chi connectivity index (χ0n) is 10.7. The first-order valence-electron chi connectivity index (χ1n) is 6.32. The van der Waals surface area contributed by atoms with Crippen LogP contribution in [0, 0.1) is 0 Å². The largest absolute Gasteiger partial charge is 0.433 e. The average molecular weight is 286 g/mol. The lowest BCUT2D eigenvalue weighted by Crippen LogP contribution is -2.45. The molecule has 0 unspecified atom stereocenters. The third-order valence-electron chi connectivity index (χ3n) is 2.86. The van der Waals surface area contributed by atoms with Crippen LogP contribution >= 0.6 is 12.2 Å². The maximum Gasteiger partial charge on any atom is 0.326 e. The van der Waals surface area contributed by atoms with E-state index in [1.54, 1.807) is 0 Å². The van der Waals surface area contributed by atoms with Gasteiger partial charge in [-0.05, 0) is 29.9 Å². The van der Waals surface area contributed by atoms with Crippen molar-refractivity contribution in [2.24, 2.45) is 0 Å². The lowest BCUT2D eigenvalue weighted by Gasteiger charge is -2.15. The number of fused-ring (bicyclic) bond motifs is 1. The fraction of sp³-hybridized carbons (Fsp3) is 0.133. The van der Waals surface area contributed by atoms with Gasteiger partial charge in [0.15, 0.2) is 16.6 Å². The number of para-hydroxylation sites is 2. The van der Waals surface area contributed by atoms with Crippen molar-refractivity contribution in [1.29, 1.82) is 0 Å².